The minimum Gasteiger partial charge on any atom is -0.378 e. The summed E-state index contributed by atoms with van der Waals surface area (Å²) in [6, 6.07) is 0.389. The van der Waals surface area contributed by atoms with Gasteiger partial charge in [0.25, 0.3) is 0 Å². The lowest BCUT2D eigenvalue weighted by Gasteiger charge is -2.29. The minimum atomic E-state index is 0.389. The molecule has 1 N–H and O–H groups in total. The molecule has 1 saturated heterocycles. The molecule has 1 fully saturated rings. The third-order valence-corrected chi connectivity index (χ3v) is 3.70. The number of nitrogens with one attached hydrogen (secondary N) is 1. The van der Waals surface area contributed by atoms with Gasteiger partial charge >= 0.3 is 0 Å². The molecule has 2 rings (SSSR count). The van der Waals surface area contributed by atoms with Crippen LogP contribution in [-0.2, 0) is 4.74 Å². The minimum absolute atomic E-state index is 0.389. The molecule has 0 radical (unpaired) electrons. The summed E-state index contributed by atoms with van der Waals surface area (Å²) in [5.74, 6) is 2.03. The lowest BCUT2D eigenvalue weighted by atomic mass is 10.2. The van der Waals surface area contributed by atoms with Crippen molar-refractivity contribution in [3.63, 3.8) is 0 Å². The first-order valence-corrected chi connectivity index (χ1v) is 7.15. The Hall–Kier alpha value is -1.63. The van der Waals surface area contributed by atoms with Crippen LogP contribution < -0.4 is 15.1 Å². The van der Waals surface area contributed by atoms with Crippen molar-refractivity contribution < 1.29 is 4.74 Å². The maximum Gasteiger partial charge on any atom is 0.232 e. The zero-order valence-corrected chi connectivity index (χ0v) is 12.8. The van der Waals surface area contributed by atoms with Crippen LogP contribution in [0.25, 0.3) is 0 Å². The van der Waals surface area contributed by atoms with Gasteiger partial charge in [-0.05, 0) is 13.3 Å². The molecule has 1 unspecified atom stereocenters. The third-order valence-electron chi connectivity index (χ3n) is 3.70. The topological polar surface area (TPSA) is 66.4 Å². The molecule has 1 aliphatic rings. The largest absolute Gasteiger partial charge is 0.378 e. The van der Waals surface area contributed by atoms with Gasteiger partial charge in [-0.25, -0.2) is 0 Å². The van der Waals surface area contributed by atoms with Gasteiger partial charge in [0.15, 0.2) is 0 Å². The van der Waals surface area contributed by atoms with Crippen LogP contribution in [0.4, 0.5) is 17.8 Å². The van der Waals surface area contributed by atoms with Gasteiger partial charge in [-0.15, -0.1) is 0 Å². The Kier molecular flexibility index (Phi) is 4.94. The van der Waals surface area contributed by atoms with Gasteiger partial charge in [0.2, 0.25) is 17.8 Å². The summed E-state index contributed by atoms with van der Waals surface area (Å²) in [7, 11) is 3.84. The maximum absolute atomic E-state index is 5.37. The number of anilines is 3. The van der Waals surface area contributed by atoms with Crippen molar-refractivity contribution in [1.29, 1.82) is 0 Å². The van der Waals surface area contributed by atoms with Crippen molar-refractivity contribution in [1.82, 2.24) is 15.0 Å². The highest BCUT2D eigenvalue weighted by Gasteiger charge is 2.19. The molecular weight excluding hydrogens is 256 g/mol. The highest BCUT2D eigenvalue weighted by molar-refractivity contribution is 5.45. The van der Waals surface area contributed by atoms with Crippen LogP contribution in [0.3, 0.4) is 0 Å². The standard InChI is InChI=1S/C13H24N6O/c1-5-10(2)18(4)12-15-11(14-3)16-13(17-12)19-6-8-20-9-7-19/h10H,5-9H2,1-4H3,(H,14,15,16,17). The van der Waals surface area contributed by atoms with Crippen LogP contribution in [0.2, 0.25) is 0 Å². The zero-order valence-electron chi connectivity index (χ0n) is 12.8. The normalized spacial score (nSPS) is 16.9. The van der Waals surface area contributed by atoms with E-state index in [1.54, 1.807) is 0 Å². The smallest absolute Gasteiger partial charge is 0.232 e. The Morgan fingerprint density at radius 1 is 1.30 bits per heavy atom. The average molecular weight is 280 g/mol. The number of hydrogen-bond acceptors (Lipinski definition) is 7. The molecule has 7 nitrogen and oxygen atoms in total. The fraction of sp³-hybridized carbons (Fsp3) is 0.769. The van der Waals surface area contributed by atoms with Gasteiger partial charge in [0, 0.05) is 33.2 Å². The van der Waals surface area contributed by atoms with Crippen molar-refractivity contribution in [2.75, 3.05) is 55.5 Å². The molecule has 1 aromatic heterocycles. The maximum atomic E-state index is 5.37. The van der Waals surface area contributed by atoms with Crippen molar-refractivity contribution in [3.8, 4) is 0 Å². The molecule has 112 valence electrons. The summed E-state index contributed by atoms with van der Waals surface area (Å²) in [6.07, 6.45) is 1.05. The van der Waals surface area contributed by atoms with Gasteiger partial charge in [0.05, 0.1) is 13.2 Å². The van der Waals surface area contributed by atoms with Crippen molar-refractivity contribution in [2.24, 2.45) is 0 Å². The summed E-state index contributed by atoms with van der Waals surface area (Å²) in [6.45, 7) is 7.40. The number of rotatable bonds is 5. The highest BCUT2D eigenvalue weighted by atomic mass is 16.5. The van der Waals surface area contributed by atoms with Gasteiger partial charge in [-0.1, -0.05) is 6.92 Å². The van der Waals surface area contributed by atoms with Gasteiger partial charge in [0.1, 0.15) is 0 Å². The third kappa shape index (κ3) is 3.27. The van der Waals surface area contributed by atoms with E-state index in [1.807, 2.05) is 14.1 Å². The van der Waals surface area contributed by atoms with Crippen LogP contribution >= 0.6 is 0 Å². The Morgan fingerprint density at radius 3 is 2.60 bits per heavy atom. The molecule has 2 heterocycles. The summed E-state index contributed by atoms with van der Waals surface area (Å²) in [4.78, 5) is 17.7. The lowest BCUT2D eigenvalue weighted by Crippen LogP contribution is -2.38. The van der Waals surface area contributed by atoms with Crippen molar-refractivity contribution in [3.05, 3.63) is 0 Å². The van der Waals surface area contributed by atoms with Crippen LogP contribution in [0, 0.1) is 0 Å². The van der Waals surface area contributed by atoms with E-state index in [0.29, 0.717) is 17.9 Å². The molecule has 0 aliphatic carbocycles. The Morgan fingerprint density at radius 2 is 2.00 bits per heavy atom. The summed E-state index contributed by atoms with van der Waals surface area (Å²) in [5.41, 5.74) is 0. The van der Waals surface area contributed by atoms with Crippen molar-refractivity contribution >= 4 is 17.8 Å². The van der Waals surface area contributed by atoms with Crippen molar-refractivity contribution in [2.45, 2.75) is 26.3 Å². The monoisotopic (exact) mass is 280 g/mol. The van der Waals surface area contributed by atoms with E-state index in [2.05, 4.69) is 43.9 Å². The van der Waals surface area contributed by atoms with Gasteiger partial charge in [-0.2, -0.15) is 15.0 Å². The highest BCUT2D eigenvalue weighted by Crippen LogP contribution is 2.18. The first-order valence-electron chi connectivity index (χ1n) is 7.15. The van der Waals surface area contributed by atoms with Crippen LogP contribution in [0.5, 0.6) is 0 Å². The first kappa shape index (κ1) is 14.8. The van der Waals surface area contributed by atoms with E-state index in [4.69, 9.17) is 4.74 Å². The predicted octanol–water partition coefficient (Wildman–Crippen LogP) is 0.985. The molecule has 1 aliphatic heterocycles. The zero-order chi connectivity index (χ0) is 14.5. The number of morpholine rings is 1. The summed E-state index contributed by atoms with van der Waals surface area (Å²) in [5, 5.41) is 3.01. The molecule has 0 spiro atoms. The molecule has 7 heteroatoms. The first-order chi connectivity index (χ1) is 9.65. The van der Waals surface area contributed by atoms with Gasteiger partial charge in [-0.3, -0.25) is 0 Å². The molecule has 20 heavy (non-hydrogen) atoms. The molecule has 0 aromatic carbocycles. The molecule has 0 amide bonds. The fourth-order valence-electron chi connectivity index (χ4n) is 2.00. The lowest BCUT2D eigenvalue weighted by molar-refractivity contribution is 0.122. The molecule has 0 saturated carbocycles. The van der Waals surface area contributed by atoms with E-state index in [-0.39, 0.29) is 0 Å². The summed E-state index contributed by atoms with van der Waals surface area (Å²) < 4.78 is 5.37. The molecule has 1 atom stereocenters. The van der Waals surface area contributed by atoms with E-state index < -0.39 is 0 Å². The number of hydrogen-bond donors (Lipinski definition) is 1. The Bertz CT molecular complexity index is 415. The van der Waals surface area contributed by atoms with Gasteiger partial charge < -0.3 is 19.9 Å². The van der Waals surface area contributed by atoms with Crippen LogP contribution in [0.1, 0.15) is 20.3 Å². The number of ether oxygens (including phenoxy) is 1. The van der Waals surface area contributed by atoms with Crippen LogP contribution in [0.15, 0.2) is 0 Å². The van der Waals surface area contributed by atoms with E-state index in [0.717, 1.165) is 38.7 Å². The number of aromatic nitrogens is 3. The predicted molar refractivity (Wildman–Crippen MR) is 80.6 cm³/mol. The second kappa shape index (κ2) is 6.69. The van der Waals surface area contributed by atoms with Crippen LogP contribution in [-0.4, -0.2) is 61.4 Å². The SMILES string of the molecule is CCC(C)N(C)c1nc(NC)nc(N2CCOCC2)n1. The Balaban J connectivity index is 2.27. The van der Waals surface area contributed by atoms with E-state index >= 15 is 0 Å². The molecule has 0 bridgehead atoms. The average Bonchev–Trinajstić information content (AvgIpc) is 2.53. The number of nitrogens with zero attached hydrogens (tertiary/aromatic N) is 5. The molecule has 1 aromatic rings. The Labute approximate surface area is 120 Å². The summed E-state index contributed by atoms with van der Waals surface area (Å²) >= 11 is 0. The quantitative estimate of drug-likeness (QED) is 0.862. The fourth-order valence-corrected chi connectivity index (χ4v) is 2.00. The van der Waals surface area contributed by atoms with E-state index in [1.165, 1.54) is 0 Å². The van der Waals surface area contributed by atoms with E-state index in [9.17, 15) is 0 Å². The second-order valence-electron chi connectivity index (χ2n) is 4.98. The molecular formula is C13H24N6O. The second-order valence-corrected chi connectivity index (χ2v) is 4.98.